The average molecular weight is 505 g/mol. The molecule has 1 fully saturated rings. The van der Waals surface area contributed by atoms with Gasteiger partial charge in [-0.25, -0.2) is 13.2 Å². The number of epoxide rings is 1. The van der Waals surface area contributed by atoms with Crippen LogP contribution in [0.1, 0.15) is 48.7 Å². The monoisotopic (exact) mass is 504 g/mol. The van der Waals surface area contributed by atoms with Crippen LogP contribution in [0.5, 0.6) is 5.75 Å². The van der Waals surface area contributed by atoms with Crippen LogP contribution in [0.2, 0.25) is 0 Å². The Bertz CT molecular complexity index is 1380. The van der Waals surface area contributed by atoms with E-state index in [4.69, 9.17) is 9.47 Å². The number of rotatable bonds is 9. The molecule has 0 amide bonds. The Balaban J connectivity index is 1.28. The second-order valence-corrected chi connectivity index (χ2v) is 9.20. The van der Waals surface area contributed by atoms with Crippen molar-refractivity contribution in [3.63, 3.8) is 0 Å². The van der Waals surface area contributed by atoms with Crippen molar-refractivity contribution in [3.8, 4) is 28.0 Å². The summed E-state index contributed by atoms with van der Waals surface area (Å²) in [5.41, 5.74) is 3.29. The van der Waals surface area contributed by atoms with Crippen LogP contribution in [0, 0.1) is 17.5 Å². The highest BCUT2D eigenvalue weighted by Gasteiger charge is 2.25. The van der Waals surface area contributed by atoms with E-state index in [-0.39, 0.29) is 29.7 Å². The van der Waals surface area contributed by atoms with Gasteiger partial charge in [-0.2, -0.15) is 0 Å². The van der Waals surface area contributed by atoms with Gasteiger partial charge >= 0.3 is 0 Å². The molecule has 0 radical (unpaired) electrons. The van der Waals surface area contributed by atoms with E-state index < -0.39 is 17.7 Å². The largest absolute Gasteiger partial charge is 0.489 e. The fourth-order valence-electron chi connectivity index (χ4n) is 4.33. The molecule has 0 bridgehead atoms. The molecule has 4 aromatic rings. The summed E-state index contributed by atoms with van der Waals surface area (Å²) in [6.45, 7) is 2.65. The fourth-order valence-corrected chi connectivity index (χ4v) is 4.33. The van der Waals surface area contributed by atoms with Gasteiger partial charge in [0, 0.05) is 16.7 Å². The van der Waals surface area contributed by atoms with Gasteiger partial charge in [-0.3, -0.25) is 0 Å². The topological polar surface area (TPSA) is 42.0 Å². The summed E-state index contributed by atoms with van der Waals surface area (Å²) in [5, 5.41) is 10.1. The zero-order valence-corrected chi connectivity index (χ0v) is 20.4. The standard InChI is InChI=1S/C31H27F3O3/c1-2-3-28(35)21-6-4-19(5-7-21)25-14-15-26(31(34)30(25)33)20-10-12-24(13-11-20)36-17-23-9-8-22(16-27(23)32)29-18-37-29/h4-16,28-29,35H,2-3,17-18H2,1H3. The van der Waals surface area contributed by atoms with E-state index in [1.54, 1.807) is 66.7 Å². The normalized spacial score (nSPS) is 15.4. The molecule has 0 saturated carbocycles. The summed E-state index contributed by atoms with van der Waals surface area (Å²) in [5.74, 6) is -1.74. The average Bonchev–Trinajstić information content (AvgIpc) is 3.76. The Kier molecular flexibility index (Phi) is 7.31. The molecule has 3 nitrogen and oxygen atoms in total. The Labute approximate surface area is 214 Å². The molecule has 0 aliphatic carbocycles. The SMILES string of the molecule is CCCC(O)c1ccc(-c2ccc(-c3ccc(OCc4ccc(C5CO5)cc4F)cc3)c(F)c2F)cc1. The highest BCUT2D eigenvalue weighted by molar-refractivity contribution is 5.72. The first-order valence-electron chi connectivity index (χ1n) is 12.3. The summed E-state index contributed by atoms with van der Waals surface area (Å²) in [7, 11) is 0. The van der Waals surface area contributed by atoms with Crippen LogP contribution in [0.3, 0.4) is 0 Å². The van der Waals surface area contributed by atoms with Crippen LogP contribution >= 0.6 is 0 Å². The molecular weight excluding hydrogens is 477 g/mol. The minimum Gasteiger partial charge on any atom is -0.489 e. The number of halogens is 3. The van der Waals surface area contributed by atoms with Gasteiger partial charge in [0.05, 0.1) is 12.7 Å². The quantitative estimate of drug-likeness (QED) is 0.235. The van der Waals surface area contributed by atoms with E-state index in [0.29, 0.717) is 35.5 Å². The van der Waals surface area contributed by atoms with Gasteiger partial charge in [-0.1, -0.05) is 74.0 Å². The van der Waals surface area contributed by atoms with Crippen LogP contribution < -0.4 is 4.74 Å². The number of ether oxygens (including phenoxy) is 2. The van der Waals surface area contributed by atoms with Crippen LogP contribution in [-0.4, -0.2) is 11.7 Å². The van der Waals surface area contributed by atoms with Crippen molar-refractivity contribution in [1.29, 1.82) is 0 Å². The number of aliphatic hydroxyl groups is 1. The van der Waals surface area contributed by atoms with Gasteiger partial charge in [0.25, 0.3) is 0 Å². The van der Waals surface area contributed by atoms with Gasteiger partial charge in [0.15, 0.2) is 11.6 Å². The predicted octanol–water partition coefficient (Wildman–Crippen LogP) is 7.92. The van der Waals surface area contributed by atoms with Crippen molar-refractivity contribution in [2.24, 2.45) is 0 Å². The van der Waals surface area contributed by atoms with Crippen LogP contribution in [0.4, 0.5) is 13.2 Å². The maximum Gasteiger partial charge on any atom is 0.167 e. The van der Waals surface area contributed by atoms with E-state index in [9.17, 15) is 9.50 Å². The lowest BCUT2D eigenvalue weighted by Gasteiger charge is -2.13. The lowest BCUT2D eigenvalue weighted by Crippen LogP contribution is -2.00. The van der Waals surface area contributed by atoms with Crippen LogP contribution in [-0.2, 0) is 11.3 Å². The molecule has 1 aliphatic heterocycles. The maximum absolute atomic E-state index is 15.1. The lowest BCUT2D eigenvalue weighted by atomic mass is 9.97. The van der Waals surface area contributed by atoms with Crippen molar-refractivity contribution in [2.75, 3.05) is 6.61 Å². The molecule has 1 saturated heterocycles. The number of aliphatic hydroxyl groups excluding tert-OH is 1. The first-order valence-corrected chi connectivity index (χ1v) is 12.3. The van der Waals surface area contributed by atoms with Gasteiger partial charge in [0.1, 0.15) is 24.3 Å². The van der Waals surface area contributed by atoms with Crippen molar-refractivity contribution in [1.82, 2.24) is 0 Å². The Morgan fingerprint density at radius 1 is 0.865 bits per heavy atom. The second-order valence-electron chi connectivity index (χ2n) is 9.20. The van der Waals surface area contributed by atoms with Crippen molar-refractivity contribution >= 4 is 0 Å². The molecule has 1 N–H and O–H groups in total. The third kappa shape index (κ3) is 5.55. The third-order valence-electron chi connectivity index (χ3n) is 6.59. The third-order valence-corrected chi connectivity index (χ3v) is 6.59. The molecule has 190 valence electrons. The van der Waals surface area contributed by atoms with E-state index in [2.05, 4.69) is 0 Å². The minimum atomic E-state index is -0.942. The molecule has 4 aromatic carbocycles. The fraction of sp³-hybridized carbons (Fsp3) is 0.226. The summed E-state index contributed by atoms with van der Waals surface area (Å²) >= 11 is 0. The van der Waals surface area contributed by atoms with Gasteiger partial charge in [0.2, 0.25) is 0 Å². The lowest BCUT2D eigenvalue weighted by molar-refractivity contribution is 0.166. The van der Waals surface area contributed by atoms with E-state index in [1.807, 2.05) is 13.0 Å². The second kappa shape index (κ2) is 10.8. The smallest absolute Gasteiger partial charge is 0.167 e. The highest BCUT2D eigenvalue weighted by Crippen LogP contribution is 2.34. The first-order chi connectivity index (χ1) is 17.9. The molecular formula is C31H27F3O3. The summed E-state index contributed by atoms with van der Waals surface area (Å²) in [6, 6.07) is 21.5. The van der Waals surface area contributed by atoms with E-state index in [1.165, 1.54) is 6.07 Å². The van der Waals surface area contributed by atoms with Gasteiger partial charge < -0.3 is 14.6 Å². The maximum atomic E-state index is 15.1. The molecule has 0 spiro atoms. The Hall–Kier alpha value is -3.61. The van der Waals surface area contributed by atoms with Gasteiger partial charge in [-0.05, 0) is 46.9 Å². The number of hydrogen-bond donors (Lipinski definition) is 1. The molecule has 1 aliphatic rings. The van der Waals surface area contributed by atoms with Crippen molar-refractivity contribution in [3.05, 3.63) is 113 Å². The molecule has 2 unspecified atom stereocenters. The molecule has 37 heavy (non-hydrogen) atoms. The number of benzene rings is 4. The van der Waals surface area contributed by atoms with Gasteiger partial charge in [-0.15, -0.1) is 0 Å². The molecule has 5 rings (SSSR count). The summed E-state index contributed by atoms with van der Waals surface area (Å²) in [4.78, 5) is 0. The van der Waals surface area contributed by atoms with Crippen molar-refractivity contribution < 1.29 is 27.8 Å². The summed E-state index contributed by atoms with van der Waals surface area (Å²) < 4.78 is 55.3. The first kappa shape index (κ1) is 25.1. The zero-order valence-electron chi connectivity index (χ0n) is 20.4. The van der Waals surface area contributed by atoms with E-state index >= 15 is 8.78 Å². The zero-order chi connectivity index (χ0) is 25.9. The predicted molar refractivity (Wildman–Crippen MR) is 137 cm³/mol. The summed E-state index contributed by atoms with van der Waals surface area (Å²) in [6.07, 6.45) is 0.903. The van der Waals surface area contributed by atoms with E-state index in [0.717, 1.165) is 17.5 Å². The molecule has 0 aromatic heterocycles. The molecule has 6 heteroatoms. The minimum absolute atomic E-state index is 0.0126. The van der Waals surface area contributed by atoms with Crippen molar-refractivity contribution in [2.45, 2.75) is 38.6 Å². The van der Waals surface area contributed by atoms with Crippen LogP contribution in [0.15, 0.2) is 78.9 Å². The molecule has 2 atom stereocenters. The Morgan fingerprint density at radius 2 is 1.46 bits per heavy atom. The van der Waals surface area contributed by atoms with Crippen LogP contribution in [0.25, 0.3) is 22.3 Å². The highest BCUT2D eigenvalue weighted by atomic mass is 19.2. The Morgan fingerprint density at radius 3 is 2.00 bits per heavy atom. The molecule has 1 heterocycles. The number of hydrogen-bond acceptors (Lipinski definition) is 3.